The van der Waals surface area contributed by atoms with E-state index >= 15 is 0 Å². The molecule has 2 unspecified atom stereocenters. The number of imidazole rings is 1. The van der Waals surface area contributed by atoms with Crippen molar-refractivity contribution in [1.82, 2.24) is 14.9 Å². The fourth-order valence-corrected chi connectivity index (χ4v) is 3.95. The predicted molar refractivity (Wildman–Crippen MR) is 92.7 cm³/mol. The van der Waals surface area contributed by atoms with E-state index in [9.17, 15) is 14.4 Å². The van der Waals surface area contributed by atoms with Crippen molar-refractivity contribution in [2.24, 2.45) is 11.8 Å². The van der Waals surface area contributed by atoms with Gasteiger partial charge < -0.3 is 9.72 Å². The monoisotopic (exact) mass is 355 g/mol. The number of hydrogen-bond acceptors (Lipinski definition) is 5. The molecule has 1 aliphatic heterocycles. The molecule has 2 amide bonds. The SMILES string of the molecule is O=C(CCN1C(=O)C2CCCCC2C1=O)OCc1nc2ccccc2[nH]1. The number of nitrogens with one attached hydrogen (secondary N) is 1. The van der Waals surface area contributed by atoms with Crippen molar-refractivity contribution >= 4 is 28.8 Å². The summed E-state index contributed by atoms with van der Waals surface area (Å²) in [4.78, 5) is 45.4. The van der Waals surface area contributed by atoms with Crippen molar-refractivity contribution in [3.63, 3.8) is 0 Å². The highest BCUT2D eigenvalue weighted by Crippen LogP contribution is 2.37. The number of rotatable bonds is 5. The fraction of sp³-hybridized carbons (Fsp3) is 0.474. The van der Waals surface area contributed by atoms with Crippen LogP contribution in [0.4, 0.5) is 0 Å². The average molecular weight is 355 g/mol. The van der Waals surface area contributed by atoms with E-state index in [0.29, 0.717) is 5.82 Å². The molecule has 0 bridgehead atoms. The number of imide groups is 1. The van der Waals surface area contributed by atoms with Gasteiger partial charge in [0.25, 0.3) is 0 Å². The van der Waals surface area contributed by atoms with Crippen molar-refractivity contribution in [2.45, 2.75) is 38.7 Å². The maximum atomic E-state index is 12.4. The minimum atomic E-state index is -0.444. The molecule has 2 aromatic rings. The third-order valence-corrected chi connectivity index (χ3v) is 5.28. The number of likely N-dealkylation sites (tertiary alicyclic amines) is 1. The van der Waals surface area contributed by atoms with Crippen LogP contribution < -0.4 is 0 Å². The van der Waals surface area contributed by atoms with Crippen molar-refractivity contribution in [1.29, 1.82) is 0 Å². The molecule has 1 aromatic heterocycles. The number of carbonyl (C=O) groups excluding carboxylic acids is 3. The Labute approximate surface area is 150 Å². The van der Waals surface area contributed by atoms with Gasteiger partial charge in [-0.3, -0.25) is 19.3 Å². The first-order valence-corrected chi connectivity index (χ1v) is 9.08. The van der Waals surface area contributed by atoms with Gasteiger partial charge in [0, 0.05) is 6.54 Å². The summed E-state index contributed by atoms with van der Waals surface area (Å²) >= 11 is 0. The maximum absolute atomic E-state index is 12.4. The highest BCUT2D eigenvalue weighted by molar-refractivity contribution is 6.05. The Morgan fingerprint density at radius 2 is 1.85 bits per heavy atom. The molecule has 2 aliphatic rings. The molecule has 7 nitrogen and oxygen atoms in total. The number of carbonyl (C=O) groups is 3. The normalized spacial score (nSPS) is 22.7. The number of nitrogens with zero attached hydrogens (tertiary/aromatic N) is 2. The first kappa shape index (κ1) is 16.8. The summed E-state index contributed by atoms with van der Waals surface area (Å²) in [7, 11) is 0. The van der Waals surface area contributed by atoms with Crippen LogP contribution in [0.2, 0.25) is 0 Å². The molecule has 1 N–H and O–H groups in total. The first-order chi connectivity index (χ1) is 12.6. The van der Waals surface area contributed by atoms with E-state index in [1.807, 2.05) is 24.3 Å². The number of aromatic nitrogens is 2. The Balaban J connectivity index is 1.30. The van der Waals surface area contributed by atoms with E-state index in [-0.39, 0.29) is 43.2 Å². The number of benzene rings is 1. The van der Waals surface area contributed by atoms with E-state index in [0.717, 1.165) is 36.7 Å². The van der Waals surface area contributed by atoms with Gasteiger partial charge in [0.1, 0.15) is 12.4 Å². The van der Waals surface area contributed by atoms with Gasteiger partial charge in [0.15, 0.2) is 0 Å². The molecule has 2 fully saturated rings. The summed E-state index contributed by atoms with van der Waals surface area (Å²) in [5, 5.41) is 0. The zero-order valence-electron chi connectivity index (χ0n) is 14.4. The lowest BCUT2D eigenvalue weighted by Crippen LogP contribution is -2.33. The topological polar surface area (TPSA) is 92.4 Å². The van der Waals surface area contributed by atoms with Crippen LogP contribution in [0.15, 0.2) is 24.3 Å². The Hall–Kier alpha value is -2.70. The largest absolute Gasteiger partial charge is 0.457 e. The molecule has 1 saturated carbocycles. The number of amides is 2. The number of esters is 1. The molecule has 0 spiro atoms. The minimum absolute atomic E-state index is 0.0111. The number of H-pyrrole nitrogens is 1. The summed E-state index contributed by atoms with van der Waals surface area (Å²) in [5.74, 6) is -0.472. The predicted octanol–water partition coefficient (Wildman–Crippen LogP) is 2.17. The van der Waals surface area contributed by atoms with Crippen LogP contribution in [0.5, 0.6) is 0 Å². The van der Waals surface area contributed by atoms with Gasteiger partial charge in [0.05, 0.1) is 29.3 Å². The Kier molecular flexibility index (Phi) is 4.44. The molecule has 2 atom stereocenters. The zero-order valence-corrected chi connectivity index (χ0v) is 14.4. The lowest BCUT2D eigenvalue weighted by Gasteiger charge is -2.19. The summed E-state index contributed by atoms with van der Waals surface area (Å²) in [6.07, 6.45) is 3.56. The molecule has 1 saturated heterocycles. The molecule has 136 valence electrons. The van der Waals surface area contributed by atoms with Crippen molar-refractivity contribution in [3.05, 3.63) is 30.1 Å². The van der Waals surface area contributed by atoms with Crippen molar-refractivity contribution < 1.29 is 19.1 Å². The first-order valence-electron chi connectivity index (χ1n) is 9.08. The zero-order chi connectivity index (χ0) is 18.1. The minimum Gasteiger partial charge on any atom is -0.457 e. The summed E-state index contributed by atoms with van der Waals surface area (Å²) in [6.45, 7) is 0.143. The van der Waals surface area contributed by atoms with Gasteiger partial charge >= 0.3 is 5.97 Å². The van der Waals surface area contributed by atoms with Gasteiger partial charge in [-0.05, 0) is 25.0 Å². The Morgan fingerprint density at radius 3 is 2.54 bits per heavy atom. The third kappa shape index (κ3) is 3.09. The van der Waals surface area contributed by atoms with Crippen molar-refractivity contribution in [3.8, 4) is 0 Å². The second-order valence-electron chi connectivity index (χ2n) is 6.94. The molecule has 26 heavy (non-hydrogen) atoms. The highest BCUT2D eigenvalue weighted by Gasteiger charge is 2.47. The second-order valence-corrected chi connectivity index (χ2v) is 6.94. The van der Waals surface area contributed by atoms with E-state index in [1.165, 1.54) is 4.90 Å². The number of hydrogen-bond donors (Lipinski definition) is 1. The van der Waals surface area contributed by atoms with E-state index in [2.05, 4.69) is 9.97 Å². The van der Waals surface area contributed by atoms with Crippen LogP contribution >= 0.6 is 0 Å². The maximum Gasteiger partial charge on any atom is 0.308 e. The standard InChI is InChI=1S/C19H21N3O4/c23-17(26-11-16-20-14-7-3-4-8-15(14)21-16)9-10-22-18(24)12-5-1-2-6-13(12)19(22)25/h3-4,7-8,12-13H,1-2,5-6,9-11H2,(H,20,21). The van der Waals surface area contributed by atoms with Crippen LogP contribution in [0.3, 0.4) is 0 Å². The molecule has 1 aromatic carbocycles. The Bertz CT molecular complexity index is 802. The van der Waals surface area contributed by atoms with Gasteiger partial charge in [-0.25, -0.2) is 4.98 Å². The van der Waals surface area contributed by atoms with E-state index < -0.39 is 5.97 Å². The molecule has 1 aliphatic carbocycles. The summed E-state index contributed by atoms with van der Waals surface area (Å²) in [6, 6.07) is 7.57. The molecular weight excluding hydrogens is 334 g/mol. The molecule has 0 radical (unpaired) electrons. The summed E-state index contributed by atoms with van der Waals surface area (Å²) < 4.78 is 5.22. The smallest absolute Gasteiger partial charge is 0.308 e. The molecule has 7 heteroatoms. The quantitative estimate of drug-likeness (QED) is 0.655. The van der Waals surface area contributed by atoms with Crippen LogP contribution in [0.1, 0.15) is 37.9 Å². The second kappa shape index (κ2) is 6.90. The fourth-order valence-electron chi connectivity index (χ4n) is 3.95. The van der Waals surface area contributed by atoms with Crippen LogP contribution in [0.25, 0.3) is 11.0 Å². The van der Waals surface area contributed by atoms with E-state index in [1.54, 1.807) is 0 Å². The Morgan fingerprint density at radius 1 is 1.15 bits per heavy atom. The molecular formula is C19H21N3O4. The highest BCUT2D eigenvalue weighted by atomic mass is 16.5. The van der Waals surface area contributed by atoms with E-state index in [4.69, 9.17) is 4.74 Å². The van der Waals surface area contributed by atoms with Gasteiger partial charge in [0.2, 0.25) is 11.8 Å². The summed E-state index contributed by atoms with van der Waals surface area (Å²) in [5.41, 5.74) is 1.70. The average Bonchev–Trinajstić information content (AvgIpc) is 3.18. The lowest BCUT2D eigenvalue weighted by atomic mass is 9.81. The number of aromatic amines is 1. The van der Waals surface area contributed by atoms with Gasteiger partial charge in [-0.2, -0.15) is 0 Å². The van der Waals surface area contributed by atoms with Crippen molar-refractivity contribution in [2.75, 3.05) is 6.54 Å². The third-order valence-electron chi connectivity index (χ3n) is 5.28. The molecule has 4 rings (SSSR count). The molecule has 2 heterocycles. The van der Waals surface area contributed by atoms with Crippen LogP contribution in [-0.4, -0.2) is 39.2 Å². The van der Waals surface area contributed by atoms with Crippen LogP contribution in [-0.2, 0) is 25.7 Å². The van der Waals surface area contributed by atoms with Gasteiger partial charge in [-0.1, -0.05) is 25.0 Å². The van der Waals surface area contributed by atoms with Crippen LogP contribution in [0, 0.1) is 11.8 Å². The number of para-hydroxylation sites is 2. The number of ether oxygens (including phenoxy) is 1. The lowest BCUT2D eigenvalue weighted by molar-refractivity contribution is -0.147. The van der Waals surface area contributed by atoms with Gasteiger partial charge in [-0.15, -0.1) is 0 Å². The number of fused-ring (bicyclic) bond motifs is 2.